The molecule has 0 aliphatic heterocycles. The first kappa shape index (κ1) is 23.9. The molecule has 158 valence electrons. The summed E-state index contributed by atoms with van der Waals surface area (Å²) in [4.78, 5) is 25.5. The van der Waals surface area contributed by atoms with Crippen molar-refractivity contribution in [3.63, 3.8) is 0 Å². The van der Waals surface area contributed by atoms with Gasteiger partial charge in [-0.05, 0) is 61.7 Å². The second kappa shape index (κ2) is 11.1. The van der Waals surface area contributed by atoms with E-state index in [1.807, 2.05) is 36.3 Å². The maximum Gasteiger partial charge on any atom is 0.160 e. The average Bonchev–Trinajstić information content (AvgIpc) is 2.71. The molecule has 2 aromatic carbocycles. The molecule has 2 aromatic rings. The molecule has 0 aromatic heterocycles. The zero-order valence-corrected chi connectivity index (χ0v) is 19.8. The van der Waals surface area contributed by atoms with Gasteiger partial charge in [-0.25, -0.2) is 0 Å². The highest BCUT2D eigenvalue weighted by atomic mass is 79.9. The predicted molar refractivity (Wildman–Crippen MR) is 126 cm³/mol. The number of ether oxygens (including phenoxy) is 1. The molecular formula is C24H25BrClNO3. The van der Waals surface area contributed by atoms with Gasteiger partial charge in [0.15, 0.2) is 5.78 Å². The van der Waals surface area contributed by atoms with E-state index in [1.54, 1.807) is 18.2 Å². The van der Waals surface area contributed by atoms with Crippen LogP contribution in [-0.2, 0) is 16.0 Å². The summed E-state index contributed by atoms with van der Waals surface area (Å²) >= 11 is 9.76. The minimum Gasteiger partial charge on any atom is -0.495 e. The standard InChI is InChI=1S/C24H25BrClNO3/c1-16(13-18-7-5-6-8-23(18)25)27(3)15-24(30-4)21(11-12-28)22-14-19(26)9-10-20(22)17(2)29/h5-12,14-16H,13H2,1-4H3/b21-11-,24-15+. The Morgan fingerprint density at radius 2 is 1.93 bits per heavy atom. The Morgan fingerprint density at radius 3 is 2.53 bits per heavy atom. The summed E-state index contributed by atoms with van der Waals surface area (Å²) in [5.74, 6) is 0.345. The van der Waals surface area contributed by atoms with Gasteiger partial charge in [0, 0.05) is 39.9 Å². The van der Waals surface area contributed by atoms with Crippen LogP contribution in [0.1, 0.15) is 35.3 Å². The van der Waals surface area contributed by atoms with Gasteiger partial charge in [0.1, 0.15) is 12.0 Å². The van der Waals surface area contributed by atoms with Gasteiger partial charge in [-0.3, -0.25) is 9.59 Å². The zero-order valence-electron chi connectivity index (χ0n) is 17.5. The summed E-state index contributed by atoms with van der Waals surface area (Å²) in [6, 6.07) is 13.2. The van der Waals surface area contributed by atoms with Gasteiger partial charge in [-0.15, -0.1) is 0 Å². The van der Waals surface area contributed by atoms with Crippen molar-refractivity contribution in [1.29, 1.82) is 0 Å². The Balaban J connectivity index is 2.41. The number of allylic oxidation sites excluding steroid dienone is 2. The van der Waals surface area contributed by atoms with E-state index in [4.69, 9.17) is 16.3 Å². The SMILES string of the molecule is COC(=C/N(C)C(C)Cc1ccccc1Br)/C(=C\C=O)c1cc(Cl)ccc1C(C)=O. The van der Waals surface area contributed by atoms with Gasteiger partial charge in [-0.1, -0.05) is 45.7 Å². The molecule has 0 aliphatic rings. The topological polar surface area (TPSA) is 46.6 Å². The lowest BCUT2D eigenvalue weighted by molar-refractivity contribution is -0.104. The summed E-state index contributed by atoms with van der Waals surface area (Å²) in [5, 5.41) is 0.470. The predicted octanol–water partition coefficient (Wildman–Crippen LogP) is 5.94. The first-order valence-corrected chi connectivity index (χ1v) is 10.6. The van der Waals surface area contributed by atoms with Gasteiger partial charge in [0.05, 0.1) is 7.11 Å². The van der Waals surface area contributed by atoms with Crippen molar-refractivity contribution in [3.05, 3.63) is 86.7 Å². The monoisotopic (exact) mass is 489 g/mol. The van der Waals surface area contributed by atoms with Crippen LogP contribution in [0.2, 0.25) is 5.02 Å². The number of nitrogens with zero attached hydrogens (tertiary/aromatic N) is 1. The van der Waals surface area contributed by atoms with Crippen LogP contribution in [0.5, 0.6) is 0 Å². The number of Topliss-reactive ketones (excluding diaryl/α,β-unsaturated/α-hetero) is 1. The molecule has 2 rings (SSSR count). The summed E-state index contributed by atoms with van der Waals surface area (Å²) in [6.45, 7) is 3.58. The van der Waals surface area contributed by atoms with E-state index >= 15 is 0 Å². The fraction of sp³-hybridized carbons (Fsp3) is 0.250. The van der Waals surface area contributed by atoms with E-state index in [-0.39, 0.29) is 11.8 Å². The smallest absolute Gasteiger partial charge is 0.160 e. The van der Waals surface area contributed by atoms with Crippen molar-refractivity contribution < 1.29 is 14.3 Å². The van der Waals surface area contributed by atoms with E-state index in [0.717, 1.165) is 10.9 Å². The number of carbonyl (C=O) groups excluding carboxylic acids is 2. The highest BCUT2D eigenvalue weighted by Gasteiger charge is 2.18. The van der Waals surface area contributed by atoms with E-state index in [0.29, 0.717) is 33.8 Å². The molecule has 0 spiro atoms. The second-order valence-corrected chi connectivity index (χ2v) is 8.26. The molecule has 0 aliphatic carbocycles. The van der Waals surface area contributed by atoms with Crippen LogP contribution in [0.4, 0.5) is 0 Å². The van der Waals surface area contributed by atoms with Gasteiger partial charge in [0.25, 0.3) is 0 Å². The van der Waals surface area contributed by atoms with Gasteiger partial charge in [-0.2, -0.15) is 0 Å². The number of ketones is 1. The first-order valence-electron chi connectivity index (χ1n) is 9.46. The summed E-state index contributed by atoms with van der Waals surface area (Å²) in [7, 11) is 3.48. The molecule has 0 saturated heterocycles. The van der Waals surface area contributed by atoms with Crippen LogP contribution in [0.15, 0.2) is 65.0 Å². The minimum absolute atomic E-state index is 0.121. The number of carbonyl (C=O) groups is 2. The molecular weight excluding hydrogens is 466 g/mol. The molecule has 0 radical (unpaired) electrons. The molecule has 0 fully saturated rings. The lowest BCUT2D eigenvalue weighted by atomic mass is 9.95. The molecule has 1 atom stereocenters. The first-order chi connectivity index (χ1) is 14.3. The van der Waals surface area contributed by atoms with Crippen molar-refractivity contribution in [2.45, 2.75) is 26.3 Å². The van der Waals surface area contributed by atoms with E-state index in [2.05, 4.69) is 28.9 Å². The summed E-state index contributed by atoms with van der Waals surface area (Å²) in [6.07, 6.45) is 4.72. The fourth-order valence-corrected chi connectivity index (χ4v) is 3.71. The van der Waals surface area contributed by atoms with Crippen LogP contribution >= 0.6 is 27.5 Å². The number of halogens is 2. The quantitative estimate of drug-likeness (QED) is 0.143. The zero-order chi connectivity index (χ0) is 22.3. The number of aldehydes is 1. The number of benzene rings is 2. The molecule has 4 nitrogen and oxygen atoms in total. The normalized spacial score (nSPS) is 13.0. The minimum atomic E-state index is -0.121. The third-order valence-electron chi connectivity index (χ3n) is 4.86. The molecule has 6 heteroatoms. The van der Waals surface area contributed by atoms with Crippen molar-refractivity contribution >= 4 is 45.2 Å². The van der Waals surface area contributed by atoms with Crippen LogP contribution in [0.25, 0.3) is 5.57 Å². The Bertz CT molecular complexity index is 984. The Labute approximate surface area is 191 Å². The van der Waals surface area contributed by atoms with Crippen molar-refractivity contribution in [2.75, 3.05) is 14.2 Å². The molecule has 0 amide bonds. The average molecular weight is 491 g/mol. The van der Waals surface area contributed by atoms with E-state index in [9.17, 15) is 9.59 Å². The maximum atomic E-state index is 12.1. The van der Waals surface area contributed by atoms with Crippen LogP contribution in [-0.4, -0.2) is 37.2 Å². The lowest BCUT2D eigenvalue weighted by Crippen LogP contribution is -2.27. The van der Waals surface area contributed by atoms with Crippen molar-refractivity contribution in [1.82, 2.24) is 4.90 Å². The number of methoxy groups -OCH3 is 1. The molecule has 0 bridgehead atoms. The maximum absolute atomic E-state index is 12.1. The Kier molecular flexibility index (Phi) is 8.88. The van der Waals surface area contributed by atoms with Crippen molar-refractivity contribution in [2.24, 2.45) is 0 Å². The Hall–Kier alpha value is -2.37. The molecule has 1 unspecified atom stereocenters. The highest BCUT2D eigenvalue weighted by Crippen LogP contribution is 2.30. The lowest BCUT2D eigenvalue weighted by Gasteiger charge is -2.25. The van der Waals surface area contributed by atoms with Crippen molar-refractivity contribution in [3.8, 4) is 0 Å². The fourth-order valence-electron chi connectivity index (χ4n) is 3.09. The molecule has 30 heavy (non-hydrogen) atoms. The third-order valence-corrected chi connectivity index (χ3v) is 5.87. The van der Waals surface area contributed by atoms with Gasteiger partial charge < -0.3 is 9.64 Å². The molecule has 0 N–H and O–H groups in total. The van der Waals surface area contributed by atoms with Crippen LogP contribution in [0.3, 0.4) is 0 Å². The largest absolute Gasteiger partial charge is 0.495 e. The van der Waals surface area contributed by atoms with Gasteiger partial charge >= 0.3 is 0 Å². The number of hydrogen-bond donors (Lipinski definition) is 0. The highest BCUT2D eigenvalue weighted by molar-refractivity contribution is 9.10. The molecule has 0 heterocycles. The Morgan fingerprint density at radius 1 is 1.23 bits per heavy atom. The van der Waals surface area contributed by atoms with Gasteiger partial charge in [0.2, 0.25) is 0 Å². The van der Waals surface area contributed by atoms with Crippen LogP contribution in [0, 0.1) is 0 Å². The molecule has 0 saturated carbocycles. The second-order valence-electron chi connectivity index (χ2n) is 6.97. The number of hydrogen-bond acceptors (Lipinski definition) is 4. The van der Waals surface area contributed by atoms with E-state index in [1.165, 1.54) is 25.7 Å². The summed E-state index contributed by atoms with van der Waals surface area (Å²) in [5.41, 5.74) is 2.73. The van der Waals surface area contributed by atoms with E-state index < -0.39 is 0 Å². The van der Waals surface area contributed by atoms with Crippen LogP contribution < -0.4 is 0 Å². The number of likely N-dealkylation sites (N-methyl/N-ethyl adjacent to an activating group) is 1. The summed E-state index contributed by atoms with van der Waals surface area (Å²) < 4.78 is 6.68. The number of rotatable bonds is 9. The third kappa shape index (κ3) is 6.07.